The van der Waals surface area contributed by atoms with Gasteiger partial charge in [0.1, 0.15) is 5.75 Å². The van der Waals surface area contributed by atoms with E-state index in [1.54, 1.807) is 55.5 Å². The third kappa shape index (κ3) is 4.92. The number of nitrogens with zero attached hydrogens (tertiary/aromatic N) is 2. The number of rotatable bonds is 3. The monoisotopic (exact) mass is 746 g/mol. The van der Waals surface area contributed by atoms with Crippen molar-refractivity contribution in [2.75, 3.05) is 9.80 Å². The fourth-order valence-electron chi connectivity index (χ4n) is 8.26. The van der Waals surface area contributed by atoms with Crippen LogP contribution in [0.2, 0.25) is 0 Å². The molecule has 2 heterocycles. The average Bonchev–Trinajstić information content (AvgIpc) is 3.41. The normalized spacial score (nSPS) is 28.4. The Bertz CT molecular complexity index is 1950. The van der Waals surface area contributed by atoms with Crippen molar-refractivity contribution in [3.05, 3.63) is 99.5 Å². The standard InChI is InChI=1S/C35H25BrF6N2O5/c1-33-25(30(47)44(32(33)49)19-5-3-2-4-6-19)15-23-21(28(33)24-14-18(36)7-10-26(24)45)8-9-22-27(23)31(48)43(29(22)46)20-12-16(34(37,38)39)11-17(13-20)35(40,41)42/h2-8,10-14,22-23,25,27-28,45H,9,15H2,1H3/t22-,23+,25-,27-,28+,33+/m0/s1. The SMILES string of the molecule is C[C@@]12C(=O)N(c3ccccc3)C(=O)[C@@H]1C[C@@H]1C(=CC[C@@H]3C(=O)N(c4cc(C(F)(F)F)cc(C(F)(F)F)c4)C(=O)[C@@H]31)[C@@H]2c1cc(Br)ccc1O. The summed E-state index contributed by atoms with van der Waals surface area (Å²) >= 11 is 3.39. The van der Waals surface area contributed by atoms with Gasteiger partial charge >= 0.3 is 12.4 Å². The maximum absolute atomic E-state index is 14.4. The lowest BCUT2D eigenvalue weighted by molar-refractivity contribution is -0.143. The van der Waals surface area contributed by atoms with Crippen molar-refractivity contribution in [3.8, 4) is 5.75 Å². The van der Waals surface area contributed by atoms with Gasteiger partial charge in [-0.25, -0.2) is 9.80 Å². The molecule has 2 aliphatic carbocycles. The fourth-order valence-corrected chi connectivity index (χ4v) is 8.64. The van der Waals surface area contributed by atoms with Gasteiger partial charge in [0.25, 0.3) is 0 Å². The number of aromatic hydroxyl groups is 1. The summed E-state index contributed by atoms with van der Waals surface area (Å²) in [6.07, 6.45) is -8.99. The number of fused-ring (bicyclic) bond motifs is 4. The highest BCUT2D eigenvalue weighted by Crippen LogP contribution is 2.64. The number of para-hydroxylation sites is 1. The molecule has 6 atom stereocenters. The van der Waals surface area contributed by atoms with E-state index in [1.165, 1.54) is 6.07 Å². The number of phenolic OH excluding ortho intramolecular Hbond substituents is 1. The molecule has 1 N–H and O–H groups in total. The molecule has 0 bridgehead atoms. The Kier molecular flexibility index (Phi) is 7.44. The molecule has 14 heteroatoms. The first-order valence-corrected chi connectivity index (χ1v) is 16.0. The number of amides is 4. The number of alkyl halides is 6. The van der Waals surface area contributed by atoms with E-state index in [0.717, 1.165) is 4.90 Å². The van der Waals surface area contributed by atoms with Crippen molar-refractivity contribution in [1.29, 1.82) is 0 Å². The second-order valence-electron chi connectivity index (χ2n) is 13.0. The van der Waals surface area contributed by atoms with Crippen molar-refractivity contribution < 1.29 is 50.6 Å². The van der Waals surface area contributed by atoms with E-state index < -0.39 is 87.8 Å². The molecule has 0 unspecified atom stereocenters. The summed E-state index contributed by atoms with van der Waals surface area (Å²) in [5.74, 6) is -8.65. The number of phenols is 1. The first kappa shape index (κ1) is 33.1. The average molecular weight is 747 g/mol. The first-order valence-electron chi connectivity index (χ1n) is 15.2. The van der Waals surface area contributed by atoms with E-state index in [4.69, 9.17) is 0 Å². The zero-order chi connectivity index (χ0) is 35.4. The Labute approximate surface area is 283 Å². The van der Waals surface area contributed by atoms with Crippen molar-refractivity contribution in [1.82, 2.24) is 0 Å². The van der Waals surface area contributed by atoms with Gasteiger partial charge < -0.3 is 5.11 Å². The van der Waals surface area contributed by atoms with E-state index >= 15 is 0 Å². The number of imide groups is 2. The number of benzene rings is 3. The van der Waals surface area contributed by atoms with Crippen LogP contribution in [0.3, 0.4) is 0 Å². The van der Waals surface area contributed by atoms with Gasteiger partial charge in [0, 0.05) is 16.0 Å². The molecule has 3 aromatic carbocycles. The number of hydrogen-bond donors (Lipinski definition) is 1. The molecule has 1 saturated carbocycles. The zero-order valence-electron chi connectivity index (χ0n) is 25.3. The quantitative estimate of drug-likeness (QED) is 0.169. The van der Waals surface area contributed by atoms with E-state index in [-0.39, 0.29) is 30.2 Å². The van der Waals surface area contributed by atoms with Crippen LogP contribution in [-0.4, -0.2) is 28.7 Å². The van der Waals surface area contributed by atoms with Gasteiger partial charge in [-0.15, -0.1) is 0 Å². The molecular weight excluding hydrogens is 722 g/mol. The Morgan fingerprint density at radius 3 is 2.02 bits per heavy atom. The lowest BCUT2D eigenvalue weighted by Crippen LogP contribution is -2.48. The van der Waals surface area contributed by atoms with Crippen molar-refractivity contribution in [3.63, 3.8) is 0 Å². The summed E-state index contributed by atoms with van der Waals surface area (Å²) in [5.41, 5.74) is -4.64. The highest BCUT2D eigenvalue weighted by atomic mass is 79.9. The fraction of sp³-hybridized carbons (Fsp3) is 0.314. The predicted molar refractivity (Wildman–Crippen MR) is 166 cm³/mol. The molecule has 3 aromatic rings. The van der Waals surface area contributed by atoms with Gasteiger partial charge in [0.05, 0.1) is 45.7 Å². The van der Waals surface area contributed by atoms with Crippen LogP contribution in [0.4, 0.5) is 37.7 Å². The van der Waals surface area contributed by atoms with Gasteiger partial charge in [-0.1, -0.05) is 45.8 Å². The van der Waals surface area contributed by atoms with E-state index in [0.29, 0.717) is 32.8 Å². The van der Waals surface area contributed by atoms with Crippen LogP contribution in [-0.2, 0) is 31.5 Å². The second kappa shape index (κ2) is 11.0. The topological polar surface area (TPSA) is 95.0 Å². The van der Waals surface area contributed by atoms with Crippen LogP contribution in [0, 0.1) is 29.1 Å². The molecule has 2 saturated heterocycles. The Hall–Kier alpha value is -4.46. The minimum absolute atomic E-state index is 0.0839. The van der Waals surface area contributed by atoms with Crippen LogP contribution >= 0.6 is 15.9 Å². The molecule has 0 aromatic heterocycles. The molecule has 7 rings (SSSR count). The highest BCUT2D eigenvalue weighted by Gasteiger charge is 2.68. The summed E-state index contributed by atoms with van der Waals surface area (Å²) in [4.78, 5) is 58.0. The minimum atomic E-state index is -5.21. The number of carbonyl (C=O) groups is 4. The maximum Gasteiger partial charge on any atom is 0.416 e. The van der Waals surface area contributed by atoms with E-state index in [9.17, 15) is 50.6 Å². The summed E-state index contributed by atoms with van der Waals surface area (Å²) in [6, 6.07) is 13.4. The Morgan fingerprint density at radius 2 is 1.41 bits per heavy atom. The molecule has 4 aliphatic rings. The van der Waals surface area contributed by atoms with Crippen molar-refractivity contribution in [2.45, 2.75) is 38.0 Å². The summed E-state index contributed by atoms with van der Waals surface area (Å²) in [5, 5.41) is 11.1. The number of anilines is 2. The molecule has 0 spiro atoms. The van der Waals surface area contributed by atoms with Crippen molar-refractivity contribution in [2.24, 2.45) is 29.1 Å². The minimum Gasteiger partial charge on any atom is -0.508 e. The van der Waals surface area contributed by atoms with E-state index in [1.807, 2.05) is 0 Å². The van der Waals surface area contributed by atoms with Crippen LogP contribution in [0.1, 0.15) is 42.4 Å². The largest absolute Gasteiger partial charge is 0.508 e. The Balaban J connectivity index is 1.37. The number of allylic oxidation sites excluding steroid dienone is 2. The van der Waals surface area contributed by atoms with E-state index in [2.05, 4.69) is 15.9 Å². The van der Waals surface area contributed by atoms with Crippen LogP contribution in [0.5, 0.6) is 5.75 Å². The molecule has 7 nitrogen and oxygen atoms in total. The molecule has 2 aliphatic heterocycles. The van der Waals surface area contributed by atoms with Gasteiger partial charge in [0.15, 0.2) is 0 Å². The van der Waals surface area contributed by atoms with Gasteiger partial charge in [-0.2, -0.15) is 26.3 Å². The zero-order valence-corrected chi connectivity index (χ0v) is 26.9. The lowest BCUT2D eigenvalue weighted by Gasteiger charge is -2.49. The molecule has 0 radical (unpaired) electrons. The third-order valence-corrected chi connectivity index (χ3v) is 10.9. The first-order chi connectivity index (χ1) is 22.9. The lowest BCUT2D eigenvalue weighted by atomic mass is 9.51. The molecule has 254 valence electrons. The second-order valence-corrected chi connectivity index (χ2v) is 13.9. The number of carbonyl (C=O) groups excluding carboxylic acids is 4. The maximum atomic E-state index is 14.4. The van der Waals surface area contributed by atoms with Gasteiger partial charge in [-0.3, -0.25) is 19.2 Å². The van der Waals surface area contributed by atoms with Crippen LogP contribution < -0.4 is 9.80 Å². The molecular formula is C35H25BrF6N2O5. The highest BCUT2D eigenvalue weighted by molar-refractivity contribution is 9.10. The smallest absolute Gasteiger partial charge is 0.416 e. The molecule has 49 heavy (non-hydrogen) atoms. The Morgan fingerprint density at radius 1 is 0.776 bits per heavy atom. The van der Waals surface area contributed by atoms with Crippen molar-refractivity contribution >= 4 is 50.9 Å². The predicted octanol–water partition coefficient (Wildman–Crippen LogP) is 7.63. The van der Waals surface area contributed by atoms with Gasteiger partial charge in [-0.05, 0) is 74.2 Å². The van der Waals surface area contributed by atoms with Crippen LogP contribution in [0.15, 0.2) is 82.9 Å². The third-order valence-electron chi connectivity index (χ3n) is 10.4. The molecule has 4 amide bonds. The number of hydrogen-bond acceptors (Lipinski definition) is 5. The summed E-state index contributed by atoms with van der Waals surface area (Å²) < 4.78 is 82.9. The summed E-state index contributed by atoms with van der Waals surface area (Å²) in [6.45, 7) is 1.62. The number of halogens is 7. The summed E-state index contributed by atoms with van der Waals surface area (Å²) in [7, 11) is 0. The molecule has 3 fully saturated rings. The van der Waals surface area contributed by atoms with Gasteiger partial charge in [0.2, 0.25) is 23.6 Å². The van der Waals surface area contributed by atoms with Crippen LogP contribution in [0.25, 0.3) is 0 Å².